The Bertz CT molecular complexity index is 1080. The van der Waals surface area contributed by atoms with Gasteiger partial charge in [0, 0.05) is 12.0 Å². The van der Waals surface area contributed by atoms with Gasteiger partial charge in [0.25, 0.3) is 5.56 Å². The highest BCUT2D eigenvalue weighted by molar-refractivity contribution is 7.89. The van der Waals surface area contributed by atoms with E-state index in [-0.39, 0.29) is 21.8 Å². The molecule has 8 nitrogen and oxygen atoms in total. The van der Waals surface area contributed by atoms with Crippen molar-refractivity contribution in [2.75, 3.05) is 0 Å². The van der Waals surface area contributed by atoms with Gasteiger partial charge < -0.3 is 4.98 Å². The fourth-order valence-electron chi connectivity index (χ4n) is 2.65. The number of hydrogen-bond donors (Lipinski definition) is 2. The van der Waals surface area contributed by atoms with Crippen LogP contribution in [0.5, 0.6) is 0 Å². The molecule has 0 atom stereocenters. The predicted molar refractivity (Wildman–Crippen MR) is 89.1 cm³/mol. The molecule has 0 saturated heterocycles. The minimum Gasteiger partial charge on any atom is -0.303 e. The second kappa shape index (κ2) is 5.84. The van der Waals surface area contributed by atoms with Gasteiger partial charge in [0.15, 0.2) is 11.3 Å². The number of benzene rings is 1. The zero-order valence-electron chi connectivity index (χ0n) is 13.3. The molecule has 0 aliphatic heterocycles. The monoisotopic (exact) mass is 347 g/mol. The largest absolute Gasteiger partial charge is 0.303 e. The van der Waals surface area contributed by atoms with E-state index >= 15 is 0 Å². The van der Waals surface area contributed by atoms with Crippen LogP contribution in [0.25, 0.3) is 16.9 Å². The van der Waals surface area contributed by atoms with Gasteiger partial charge in [-0.25, -0.2) is 23.1 Å². The topological polar surface area (TPSA) is 123 Å². The van der Waals surface area contributed by atoms with Crippen molar-refractivity contribution in [3.05, 3.63) is 46.1 Å². The number of fused-ring (bicyclic) bond motifs is 1. The van der Waals surface area contributed by atoms with E-state index in [1.54, 1.807) is 25.1 Å². The molecule has 0 aliphatic rings. The summed E-state index contributed by atoms with van der Waals surface area (Å²) in [6.07, 6.45) is 1.50. The molecule has 2 aromatic heterocycles. The summed E-state index contributed by atoms with van der Waals surface area (Å²) >= 11 is 0. The SMILES string of the molecule is CCCc1nc(C)c2c(=O)[nH]c(-c3ccccc3S(N)(=O)=O)nn12. The van der Waals surface area contributed by atoms with E-state index in [2.05, 4.69) is 15.1 Å². The first-order chi connectivity index (χ1) is 11.3. The Morgan fingerprint density at radius 3 is 2.67 bits per heavy atom. The number of sulfonamides is 1. The van der Waals surface area contributed by atoms with E-state index in [0.717, 1.165) is 6.42 Å². The number of rotatable bonds is 4. The second-order valence-corrected chi connectivity index (χ2v) is 7.00. The number of aryl methyl sites for hydroxylation is 2. The lowest BCUT2D eigenvalue weighted by Gasteiger charge is -2.08. The van der Waals surface area contributed by atoms with Crippen molar-refractivity contribution < 1.29 is 8.42 Å². The van der Waals surface area contributed by atoms with E-state index in [1.807, 2.05) is 6.92 Å². The Morgan fingerprint density at radius 2 is 2.00 bits per heavy atom. The number of nitrogens with zero attached hydrogens (tertiary/aromatic N) is 3. The summed E-state index contributed by atoms with van der Waals surface area (Å²) in [4.78, 5) is 19.4. The molecule has 0 unspecified atom stereocenters. The Hall–Kier alpha value is -2.52. The van der Waals surface area contributed by atoms with Gasteiger partial charge in [-0.3, -0.25) is 4.79 Å². The van der Waals surface area contributed by atoms with Crippen molar-refractivity contribution in [2.24, 2.45) is 5.14 Å². The normalized spacial score (nSPS) is 12.0. The van der Waals surface area contributed by atoms with Crippen molar-refractivity contribution in [2.45, 2.75) is 31.6 Å². The fraction of sp³-hybridized carbons (Fsp3) is 0.267. The average Bonchev–Trinajstić information content (AvgIpc) is 2.83. The molecule has 0 bridgehead atoms. The molecule has 0 spiro atoms. The van der Waals surface area contributed by atoms with E-state index < -0.39 is 10.0 Å². The van der Waals surface area contributed by atoms with Crippen molar-refractivity contribution >= 4 is 15.5 Å². The van der Waals surface area contributed by atoms with Crippen molar-refractivity contribution in [3.63, 3.8) is 0 Å². The molecule has 0 radical (unpaired) electrons. The molecule has 24 heavy (non-hydrogen) atoms. The van der Waals surface area contributed by atoms with E-state index in [4.69, 9.17) is 5.14 Å². The number of H-pyrrole nitrogens is 1. The van der Waals surface area contributed by atoms with Gasteiger partial charge in [-0.1, -0.05) is 19.1 Å². The molecule has 2 heterocycles. The Balaban J connectivity index is 2.34. The minimum absolute atomic E-state index is 0.0959. The van der Waals surface area contributed by atoms with Crippen LogP contribution in [0.2, 0.25) is 0 Å². The molecule has 3 rings (SSSR count). The molecular formula is C15H17N5O3S. The number of aromatic amines is 1. The van der Waals surface area contributed by atoms with Crippen molar-refractivity contribution in [3.8, 4) is 11.4 Å². The molecule has 3 N–H and O–H groups in total. The molecule has 126 valence electrons. The first-order valence-corrected chi connectivity index (χ1v) is 8.98. The first-order valence-electron chi connectivity index (χ1n) is 7.43. The van der Waals surface area contributed by atoms with Gasteiger partial charge in [0.2, 0.25) is 10.0 Å². The number of imidazole rings is 1. The van der Waals surface area contributed by atoms with E-state index in [9.17, 15) is 13.2 Å². The summed E-state index contributed by atoms with van der Waals surface area (Å²) in [6, 6.07) is 6.14. The summed E-state index contributed by atoms with van der Waals surface area (Å²) in [5.41, 5.74) is 0.804. The highest BCUT2D eigenvalue weighted by Gasteiger charge is 2.19. The van der Waals surface area contributed by atoms with Crippen LogP contribution in [0.1, 0.15) is 24.9 Å². The number of hydrogen-bond acceptors (Lipinski definition) is 5. The third kappa shape index (κ3) is 2.72. The maximum atomic E-state index is 12.4. The molecule has 0 amide bonds. The van der Waals surface area contributed by atoms with Gasteiger partial charge in [-0.15, -0.1) is 5.10 Å². The lowest BCUT2D eigenvalue weighted by atomic mass is 10.2. The van der Waals surface area contributed by atoms with Gasteiger partial charge in [0.1, 0.15) is 5.82 Å². The molecule has 9 heteroatoms. The second-order valence-electron chi connectivity index (χ2n) is 5.47. The summed E-state index contributed by atoms with van der Waals surface area (Å²) in [5, 5.41) is 9.66. The lowest BCUT2D eigenvalue weighted by Crippen LogP contribution is -2.18. The molecule has 0 fully saturated rings. The van der Waals surface area contributed by atoms with Crippen LogP contribution in [0.15, 0.2) is 34.0 Å². The maximum Gasteiger partial charge on any atom is 0.277 e. The third-order valence-electron chi connectivity index (χ3n) is 3.67. The van der Waals surface area contributed by atoms with Crippen LogP contribution in [0.4, 0.5) is 0 Å². The van der Waals surface area contributed by atoms with Gasteiger partial charge in [0.05, 0.1) is 10.6 Å². The molecule has 3 aromatic rings. The van der Waals surface area contributed by atoms with E-state index in [1.165, 1.54) is 10.6 Å². The zero-order chi connectivity index (χ0) is 17.5. The lowest BCUT2D eigenvalue weighted by molar-refractivity contribution is 0.598. The summed E-state index contributed by atoms with van der Waals surface area (Å²) in [7, 11) is -3.95. The Morgan fingerprint density at radius 1 is 1.29 bits per heavy atom. The van der Waals surface area contributed by atoms with Crippen LogP contribution in [-0.4, -0.2) is 28.0 Å². The van der Waals surface area contributed by atoms with Crippen molar-refractivity contribution in [1.29, 1.82) is 0 Å². The summed E-state index contributed by atoms with van der Waals surface area (Å²) < 4.78 is 25.1. The van der Waals surface area contributed by atoms with Gasteiger partial charge >= 0.3 is 0 Å². The van der Waals surface area contributed by atoms with Gasteiger partial charge in [-0.2, -0.15) is 0 Å². The van der Waals surface area contributed by atoms with Crippen molar-refractivity contribution in [1.82, 2.24) is 19.6 Å². The standard InChI is InChI=1S/C15H17N5O3S/c1-3-6-12-17-9(2)13-15(21)18-14(19-20(12)13)10-7-4-5-8-11(10)24(16,22)23/h4-5,7-8H,3,6H2,1-2H3,(H2,16,22,23)(H,18,19,21). The highest BCUT2D eigenvalue weighted by Crippen LogP contribution is 2.23. The quantitative estimate of drug-likeness (QED) is 0.728. The Labute approximate surface area is 138 Å². The Kier molecular flexibility index (Phi) is 3.98. The van der Waals surface area contributed by atoms with Crippen LogP contribution in [-0.2, 0) is 16.4 Å². The summed E-state index contributed by atoms with van der Waals surface area (Å²) in [5.74, 6) is 0.789. The fourth-order valence-corrected chi connectivity index (χ4v) is 3.39. The molecule has 0 aliphatic carbocycles. The smallest absolute Gasteiger partial charge is 0.277 e. The third-order valence-corrected chi connectivity index (χ3v) is 4.63. The predicted octanol–water partition coefficient (Wildman–Crippen LogP) is 0.993. The highest BCUT2D eigenvalue weighted by atomic mass is 32.2. The maximum absolute atomic E-state index is 12.4. The van der Waals surface area contributed by atoms with E-state index in [0.29, 0.717) is 23.5 Å². The zero-order valence-corrected chi connectivity index (χ0v) is 14.1. The molecule has 1 aromatic carbocycles. The average molecular weight is 347 g/mol. The summed E-state index contributed by atoms with van der Waals surface area (Å²) in [6.45, 7) is 3.74. The number of nitrogens with two attached hydrogens (primary N) is 1. The van der Waals surface area contributed by atoms with Crippen LogP contribution in [0.3, 0.4) is 0 Å². The number of nitrogens with one attached hydrogen (secondary N) is 1. The molecular weight excluding hydrogens is 330 g/mol. The van der Waals surface area contributed by atoms with Crippen LogP contribution >= 0.6 is 0 Å². The van der Waals surface area contributed by atoms with Gasteiger partial charge in [-0.05, 0) is 25.5 Å². The number of aromatic nitrogens is 4. The van der Waals surface area contributed by atoms with Crippen LogP contribution in [0, 0.1) is 6.92 Å². The first kappa shape index (κ1) is 16.3. The minimum atomic E-state index is -3.95. The molecule has 0 saturated carbocycles. The number of primary sulfonamides is 1. The van der Waals surface area contributed by atoms with Crippen LogP contribution < -0.4 is 10.7 Å².